The summed E-state index contributed by atoms with van der Waals surface area (Å²) in [6.07, 6.45) is 8.04. The Hall–Kier alpha value is -1.06. The van der Waals surface area contributed by atoms with E-state index in [1.807, 2.05) is 7.11 Å². The third-order valence-electron chi connectivity index (χ3n) is 5.87. The van der Waals surface area contributed by atoms with Gasteiger partial charge >= 0.3 is 0 Å². The number of likely N-dealkylation sites (tertiary alicyclic amines) is 1. The van der Waals surface area contributed by atoms with Gasteiger partial charge in [-0.1, -0.05) is 24.6 Å². The van der Waals surface area contributed by atoms with Gasteiger partial charge in [-0.15, -0.1) is 0 Å². The van der Waals surface area contributed by atoms with Gasteiger partial charge in [-0.25, -0.2) is 0 Å². The van der Waals surface area contributed by atoms with E-state index in [0.717, 1.165) is 18.6 Å². The van der Waals surface area contributed by atoms with Crippen molar-refractivity contribution in [2.45, 2.75) is 51.5 Å². The van der Waals surface area contributed by atoms with Gasteiger partial charge in [-0.05, 0) is 63.1 Å². The molecule has 0 spiro atoms. The highest BCUT2D eigenvalue weighted by Crippen LogP contribution is 2.28. The fourth-order valence-corrected chi connectivity index (χ4v) is 4.56. The molecular weight excluding hydrogens is 296 g/mol. The predicted octanol–water partition coefficient (Wildman–Crippen LogP) is 4.10. The topological polar surface area (TPSA) is 15.7 Å². The summed E-state index contributed by atoms with van der Waals surface area (Å²) in [6, 6.07) is 9.60. The van der Waals surface area contributed by atoms with Crippen molar-refractivity contribution < 1.29 is 4.74 Å². The van der Waals surface area contributed by atoms with Crippen LogP contribution in [0.4, 0.5) is 5.69 Å². The van der Waals surface area contributed by atoms with Gasteiger partial charge in [0.1, 0.15) is 0 Å². The molecule has 0 radical (unpaired) electrons. The Morgan fingerprint density at radius 3 is 2.79 bits per heavy atom. The van der Waals surface area contributed by atoms with Crippen LogP contribution in [0.3, 0.4) is 0 Å². The molecule has 0 saturated carbocycles. The highest BCUT2D eigenvalue weighted by atomic mass is 16.5. The smallest absolute Gasteiger partial charge is 0.0477 e. The molecule has 3 rings (SSSR count). The Bertz CT molecular complexity index is 504. The number of aryl methyl sites for hydroxylation is 1. The Balaban J connectivity index is 1.59. The first-order chi connectivity index (χ1) is 11.8. The molecule has 0 N–H and O–H groups in total. The third-order valence-corrected chi connectivity index (χ3v) is 5.87. The Morgan fingerprint density at radius 2 is 1.96 bits per heavy atom. The molecule has 2 atom stereocenters. The van der Waals surface area contributed by atoms with E-state index in [0.29, 0.717) is 0 Å². The van der Waals surface area contributed by atoms with Gasteiger partial charge in [0.25, 0.3) is 0 Å². The lowest BCUT2D eigenvalue weighted by Crippen LogP contribution is -2.46. The van der Waals surface area contributed by atoms with Crippen molar-refractivity contribution in [1.29, 1.82) is 0 Å². The fourth-order valence-electron chi connectivity index (χ4n) is 4.56. The van der Waals surface area contributed by atoms with E-state index in [9.17, 15) is 0 Å². The lowest BCUT2D eigenvalue weighted by atomic mass is 9.93. The monoisotopic (exact) mass is 330 g/mol. The first-order valence-electron chi connectivity index (χ1n) is 9.81. The van der Waals surface area contributed by atoms with Crippen LogP contribution < -0.4 is 4.90 Å². The van der Waals surface area contributed by atoms with E-state index < -0.39 is 0 Å². The van der Waals surface area contributed by atoms with Crippen LogP contribution in [0, 0.1) is 12.8 Å². The number of anilines is 1. The van der Waals surface area contributed by atoms with Gasteiger partial charge in [0.15, 0.2) is 0 Å². The van der Waals surface area contributed by atoms with Crippen molar-refractivity contribution in [1.82, 2.24) is 4.90 Å². The second-order valence-corrected chi connectivity index (χ2v) is 7.67. The van der Waals surface area contributed by atoms with Crippen LogP contribution >= 0.6 is 0 Å². The number of methoxy groups -OCH3 is 1. The van der Waals surface area contributed by atoms with Crippen LogP contribution in [0.2, 0.25) is 0 Å². The molecule has 0 bridgehead atoms. The lowest BCUT2D eigenvalue weighted by molar-refractivity contribution is 0.0865. The van der Waals surface area contributed by atoms with Crippen LogP contribution in [-0.2, 0) is 4.74 Å². The predicted molar refractivity (Wildman–Crippen MR) is 102 cm³/mol. The van der Waals surface area contributed by atoms with Gasteiger partial charge in [-0.2, -0.15) is 0 Å². The average molecular weight is 331 g/mol. The van der Waals surface area contributed by atoms with Crippen molar-refractivity contribution in [3.8, 4) is 0 Å². The summed E-state index contributed by atoms with van der Waals surface area (Å²) in [5.41, 5.74) is 2.85. The number of benzene rings is 1. The minimum atomic E-state index is 0.743. The summed E-state index contributed by atoms with van der Waals surface area (Å²) < 4.78 is 5.34. The molecule has 2 heterocycles. The van der Waals surface area contributed by atoms with Gasteiger partial charge in [0, 0.05) is 45.1 Å². The number of para-hydroxylation sites is 1. The zero-order valence-electron chi connectivity index (χ0n) is 15.5. The van der Waals surface area contributed by atoms with E-state index in [4.69, 9.17) is 4.74 Å². The van der Waals surface area contributed by atoms with E-state index in [-0.39, 0.29) is 0 Å². The van der Waals surface area contributed by atoms with E-state index in [2.05, 4.69) is 41.0 Å². The highest BCUT2D eigenvalue weighted by molar-refractivity contribution is 5.53. The van der Waals surface area contributed by atoms with E-state index >= 15 is 0 Å². The van der Waals surface area contributed by atoms with Crippen molar-refractivity contribution in [2.75, 3.05) is 44.8 Å². The van der Waals surface area contributed by atoms with Gasteiger partial charge < -0.3 is 9.64 Å². The van der Waals surface area contributed by atoms with Crippen LogP contribution in [0.5, 0.6) is 0 Å². The largest absolute Gasteiger partial charge is 0.385 e. The van der Waals surface area contributed by atoms with Gasteiger partial charge in [0.2, 0.25) is 0 Å². The first kappa shape index (κ1) is 17.8. The number of piperidine rings is 2. The highest BCUT2D eigenvalue weighted by Gasteiger charge is 2.27. The maximum Gasteiger partial charge on any atom is 0.0477 e. The molecule has 2 saturated heterocycles. The molecule has 1 aromatic rings. The van der Waals surface area contributed by atoms with Crippen molar-refractivity contribution >= 4 is 5.69 Å². The van der Waals surface area contributed by atoms with Gasteiger partial charge in [-0.3, -0.25) is 4.90 Å². The molecule has 2 aliphatic heterocycles. The molecule has 134 valence electrons. The molecule has 0 amide bonds. The summed E-state index contributed by atoms with van der Waals surface area (Å²) in [5.74, 6) is 0.807. The molecule has 2 aliphatic rings. The quantitative estimate of drug-likeness (QED) is 0.781. The maximum atomic E-state index is 5.34. The van der Waals surface area contributed by atoms with Crippen LogP contribution in [0.1, 0.15) is 44.1 Å². The fraction of sp³-hybridized carbons (Fsp3) is 0.714. The Labute approximate surface area is 148 Å². The average Bonchev–Trinajstić information content (AvgIpc) is 2.62. The molecule has 0 unspecified atom stereocenters. The van der Waals surface area contributed by atoms with Crippen molar-refractivity contribution in [2.24, 2.45) is 5.92 Å². The van der Waals surface area contributed by atoms with Gasteiger partial charge in [0.05, 0.1) is 0 Å². The third kappa shape index (κ3) is 4.52. The summed E-state index contributed by atoms with van der Waals surface area (Å²) >= 11 is 0. The minimum absolute atomic E-state index is 0.743. The standard InChI is InChI=1S/C21H34N2O/c1-18-8-3-4-11-21(18)23-14-7-9-19(17-23)16-22-13-6-5-10-20(22)12-15-24-2/h3-4,8,11,19-20H,5-7,9-10,12-17H2,1-2H3/t19-,20+/m1/s1. The van der Waals surface area contributed by atoms with E-state index in [1.165, 1.54) is 76.0 Å². The Kier molecular flexibility index (Phi) is 6.56. The zero-order chi connectivity index (χ0) is 16.8. The molecule has 3 heteroatoms. The summed E-state index contributed by atoms with van der Waals surface area (Å²) in [4.78, 5) is 5.39. The van der Waals surface area contributed by atoms with Crippen LogP contribution in [0.25, 0.3) is 0 Å². The zero-order valence-corrected chi connectivity index (χ0v) is 15.5. The second-order valence-electron chi connectivity index (χ2n) is 7.67. The Morgan fingerprint density at radius 1 is 1.08 bits per heavy atom. The van der Waals surface area contributed by atoms with Crippen LogP contribution in [-0.4, -0.2) is 50.8 Å². The van der Waals surface area contributed by atoms with Crippen molar-refractivity contribution in [3.05, 3.63) is 29.8 Å². The number of ether oxygens (including phenoxy) is 1. The molecule has 1 aromatic carbocycles. The molecule has 0 aliphatic carbocycles. The number of hydrogen-bond acceptors (Lipinski definition) is 3. The molecular formula is C21H34N2O. The molecule has 3 nitrogen and oxygen atoms in total. The normalized spacial score (nSPS) is 25.8. The lowest BCUT2D eigenvalue weighted by Gasteiger charge is -2.41. The SMILES string of the molecule is COCC[C@@H]1CCCCN1C[C@H]1CCCN(c2ccccc2C)C1. The van der Waals surface area contributed by atoms with Crippen molar-refractivity contribution in [3.63, 3.8) is 0 Å². The molecule has 0 aromatic heterocycles. The first-order valence-corrected chi connectivity index (χ1v) is 9.81. The number of nitrogens with zero attached hydrogens (tertiary/aromatic N) is 2. The minimum Gasteiger partial charge on any atom is -0.385 e. The summed E-state index contributed by atoms with van der Waals surface area (Å²) in [7, 11) is 1.83. The summed E-state index contributed by atoms with van der Waals surface area (Å²) in [6.45, 7) is 8.14. The van der Waals surface area contributed by atoms with Crippen LogP contribution in [0.15, 0.2) is 24.3 Å². The molecule has 2 fully saturated rings. The number of rotatable bonds is 6. The summed E-state index contributed by atoms with van der Waals surface area (Å²) in [5, 5.41) is 0. The number of hydrogen-bond donors (Lipinski definition) is 0. The second kappa shape index (κ2) is 8.87. The maximum absolute atomic E-state index is 5.34. The molecule has 24 heavy (non-hydrogen) atoms. The van der Waals surface area contributed by atoms with E-state index in [1.54, 1.807) is 0 Å².